The fraction of sp³-hybridized carbons (Fsp3) is 0.389. The van der Waals surface area contributed by atoms with E-state index in [1.165, 1.54) is 17.5 Å². The molecule has 0 aliphatic carbocycles. The van der Waals surface area contributed by atoms with Crippen molar-refractivity contribution < 1.29 is 0 Å². The second-order valence-corrected chi connectivity index (χ2v) is 7.18. The van der Waals surface area contributed by atoms with E-state index in [1.54, 1.807) is 0 Å². The first-order valence-corrected chi connectivity index (χ1v) is 8.99. The van der Waals surface area contributed by atoms with Crippen LogP contribution in [0.4, 0.5) is 11.6 Å². The molecular weight excluding hydrogens is 366 g/mol. The van der Waals surface area contributed by atoms with Crippen LogP contribution in [0.25, 0.3) is 0 Å². The molecule has 1 aliphatic rings. The zero-order valence-electron chi connectivity index (χ0n) is 13.8. The maximum absolute atomic E-state index is 7.87. The number of rotatable bonds is 4. The molecule has 2 heterocycles. The van der Waals surface area contributed by atoms with Crippen molar-refractivity contribution in [2.24, 2.45) is 5.92 Å². The lowest BCUT2D eigenvalue weighted by atomic mass is 9.90. The highest BCUT2D eigenvalue weighted by atomic mass is 79.9. The van der Waals surface area contributed by atoms with E-state index >= 15 is 0 Å². The van der Waals surface area contributed by atoms with E-state index in [9.17, 15) is 0 Å². The van der Waals surface area contributed by atoms with Crippen molar-refractivity contribution in [3.63, 3.8) is 0 Å². The Hall–Kier alpha value is -1.95. The third kappa shape index (κ3) is 3.75. The SMILES string of the molecule is Cc1ccc(CC2CCN(c3ncnc(N)c3C(=N)Br)CC2)cc1. The quantitative estimate of drug-likeness (QED) is 0.786. The van der Waals surface area contributed by atoms with Gasteiger partial charge in [0.05, 0.1) is 5.56 Å². The van der Waals surface area contributed by atoms with Crippen molar-refractivity contribution in [3.8, 4) is 0 Å². The number of nitrogen functional groups attached to an aromatic ring is 1. The van der Waals surface area contributed by atoms with Gasteiger partial charge < -0.3 is 10.6 Å². The van der Waals surface area contributed by atoms with E-state index in [-0.39, 0.29) is 4.62 Å². The number of halogens is 1. The molecule has 2 aromatic rings. The first-order chi connectivity index (χ1) is 11.5. The number of anilines is 2. The van der Waals surface area contributed by atoms with Gasteiger partial charge in [0.2, 0.25) is 0 Å². The molecule has 6 heteroatoms. The largest absolute Gasteiger partial charge is 0.383 e. The van der Waals surface area contributed by atoms with Gasteiger partial charge in [0, 0.05) is 13.1 Å². The number of nitrogens with one attached hydrogen (secondary N) is 1. The van der Waals surface area contributed by atoms with E-state index in [1.807, 2.05) is 0 Å². The molecule has 3 N–H and O–H groups in total. The molecule has 3 rings (SSSR count). The summed E-state index contributed by atoms with van der Waals surface area (Å²) in [6.45, 7) is 3.98. The first-order valence-electron chi connectivity index (χ1n) is 8.20. The Bertz CT molecular complexity index is 721. The smallest absolute Gasteiger partial charge is 0.144 e. The number of aromatic nitrogens is 2. The molecule has 0 atom stereocenters. The summed E-state index contributed by atoms with van der Waals surface area (Å²) in [5.41, 5.74) is 9.23. The number of nitrogens with zero attached hydrogens (tertiary/aromatic N) is 3. The van der Waals surface area contributed by atoms with Gasteiger partial charge in [0.1, 0.15) is 22.6 Å². The Kier molecular flexibility index (Phi) is 5.14. The average Bonchev–Trinajstić information content (AvgIpc) is 2.57. The summed E-state index contributed by atoms with van der Waals surface area (Å²) in [4.78, 5) is 10.6. The summed E-state index contributed by atoms with van der Waals surface area (Å²) < 4.78 is 0.234. The second kappa shape index (κ2) is 7.30. The highest BCUT2D eigenvalue weighted by Crippen LogP contribution is 2.29. The maximum Gasteiger partial charge on any atom is 0.144 e. The molecular formula is C18H22BrN5. The molecule has 0 radical (unpaired) electrons. The van der Waals surface area contributed by atoms with Gasteiger partial charge >= 0.3 is 0 Å². The van der Waals surface area contributed by atoms with Crippen LogP contribution in [0.5, 0.6) is 0 Å². The standard InChI is InChI=1S/C18H22BrN5/c1-12-2-4-13(5-3-12)10-14-6-8-24(9-7-14)18-15(16(19)20)17(21)22-11-23-18/h2-5,11,14,20H,6-10H2,1H3,(H2,21,22,23). The zero-order valence-corrected chi connectivity index (χ0v) is 15.4. The van der Waals surface area contributed by atoms with Crippen LogP contribution in [0, 0.1) is 18.3 Å². The van der Waals surface area contributed by atoms with Gasteiger partial charge in [0.25, 0.3) is 0 Å². The molecule has 0 bridgehead atoms. The molecule has 0 saturated carbocycles. The van der Waals surface area contributed by atoms with E-state index < -0.39 is 0 Å². The minimum absolute atomic E-state index is 0.234. The van der Waals surface area contributed by atoms with Crippen LogP contribution in [0.3, 0.4) is 0 Å². The van der Waals surface area contributed by atoms with Gasteiger partial charge in [-0.1, -0.05) is 29.8 Å². The molecule has 0 amide bonds. The monoisotopic (exact) mass is 387 g/mol. The summed E-state index contributed by atoms with van der Waals surface area (Å²) in [7, 11) is 0. The number of aryl methyl sites for hydroxylation is 1. The highest BCUT2D eigenvalue weighted by molar-refractivity contribution is 9.18. The van der Waals surface area contributed by atoms with Crippen molar-refractivity contribution in [2.75, 3.05) is 23.7 Å². The number of hydrogen-bond acceptors (Lipinski definition) is 5. The lowest BCUT2D eigenvalue weighted by Gasteiger charge is -2.33. The van der Waals surface area contributed by atoms with Crippen LogP contribution in [0.2, 0.25) is 0 Å². The zero-order chi connectivity index (χ0) is 17.1. The minimum atomic E-state index is 0.234. The predicted octanol–water partition coefficient (Wildman–Crippen LogP) is 3.55. The molecule has 5 nitrogen and oxygen atoms in total. The van der Waals surface area contributed by atoms with Crippen LogP contribution in [0.15, 0.2) is 30.6 Å². The Morgan fingerprint density at radius 1 is 1.25 bits per heavy atom. The van der Waals surface area contributed by atoms with E-state index in [4.69, 9.17) is 11.1 Å². The molecule has 0 unspecified atom stereocenters. The normalized spacial score (nSPS) is 15.5. The van der Waals surface area contributed by atoms with Crippen molar-refractivity contribution in [1.82, 2.24) is 9.97 Å². The molecule has 0 spiro atoms. The molecule has 1 aromatic carbocycles. The summed E-state index contributed by atoms with van der Waals surface area (Å²) in [6, 6.07) is 8.83. The third-order valence-corrected chi connectivity index (χ3v) is 5.03. The Balaban J connectivity index is 1.66. The Labute approximate surface area is 150 Å². The molecule has 126 valence electrons. The van der Waals surface area contributed by atoms with E-state index in [2.05, 4.69) is 62.0 Å². The van der Waals surface area contributed by atoms with Crippen LogP contribution >= 0.6 is 15.9 Å². The van der Waals surface area contributed by atoms with Gasteiger partial charge in [-0.05, 0) is 53.6 Å². The molecule has 1 saturated heterocycles. The summed E-state index contributed by atoms with van der Waals surface area (Å²) in [6.07, 6.45) is 4.84. The van der Waals surface area contributed by atoms with Crippen LogP contribution in [-0.2, 0) is 6.42 Å². The van der Waals surface area contributed by atoms with Crippen molar-refractivity contribution in [1.29, 1.82) is 5.41 Å². The van der Waals surface area contributed by atoms with Crippen LogP contribution in [0.1, 0.15) is 29.5 Å². The number of benzene rings is 1. The van der Waals surface area contributed by atoms with Gasteiger partial charge in [-0.3, -0.25) is 5.41 Å². The van der Waals surface area contributed by atoms with Crippen LogP contribution < -0.4 is 10.6 Å². The Morgan fingerprint density at radius 3 is 2.54 bits per heavy atom. The topological polar surface area (TPSA) is 78.9 Å². The van der Waals surface area contributed by atoms with Crippen molar-refractivity contribution >= 4 is 32.2 Å². The number of nitrogens with two attached hydrogens (primary N) is 1. The highest BCUT2D eigenvalue weighted by Gasteiger charge is 2.24. The molecule has 24 heavy (non-hydrogen) atoms. The number of piperidine rings is 1. The van der Waals surface area contributed by atoms with Gasteiger partial charge in [-0.15, -0.1) is 0 Å². The second-order valence-electron chi connectivity index (χ2n) is 6.39. The predicted molar refractivity (Wildman–Crippen MR) is 102 cm³/mol. The summed E-state index contributed by atoms with van der Waals surface area (Å²) in [5, 5.41) is 7.87. The van der Waals surface area contributed by atoms with E-state index in [0.717, 1.165) is 38.2 Å². The van der Waals surface area contributed by atoms with E-state index in [0.29, 0.717) is 17.3 Å². The van der Waals surface area contributed by atoms with Crippen molar-refractivity contribution in [3.05, 3.63) is 47.3 Å². The van der Waals surface area contributed by atoms with Crippen molar-refractivity contribution in [2.45, 2.75) is 26.2 Å². The van der Waals surface area contributed by atoms with Gasteiger partial charge in [0.15, 0.2) is 0 Å². The molecule has 1 fully saturated rings. The third-order valence-electron chi connectivity index (χ3n) is 4.64. The van der Waals surface area contributed by atoms with Gasteiger partial charge in [-0.2, -0.15) is 0 Å². The molecule has 1 aromatic heterocycles. The Morgan fingerprint density at radius 2 is 1.92 bits per heavy atom. The van der Waals surface area contributed by atoms with Gasteiger partial charge in [-0.25, -0.2) is 9.97 Å². The molecule has 1 aliphatic heterocycles. The first kappa shape index (κ1) is 16.9. The average molecular weight is 388 g/mol. The minimum Gasteiger partial charge on any atom is -0.383 e. The summed E-state index contributed by atoms with van der Waals surface area (Å²) in [5.74, 6) is 1.80. The van der Waals surface area contributed by atoms with Crippen LogP contribution in [-0.4, -0.2) is 27.7 Å². The lowest BCUT2D eigenvalue weighted by Crippen LogP contribution is -2.36. The lowest BCUT2D eigenvalue weighted by molar-refractivity contribution is 0.402. The number of hydrogen-bond donors (Lipinski definition) is 2. The summed E-state index contributed by atoms with van der Waals surface area (Å²) >= 11 is 3.21. The maximum atomic E-state index is 7.87. The fourth-order valence-corrected chi connectivity index (χ4v) is 3.63. The fourth-order valence-electron chi connectivity index (χ4n) is 3.25.